The van der Waals surface area contributed by atoms with Gasteiger partial charge in [-0.15, -0.1) is 0 Å². The second kappa shape index (κ2) is 11.2. The summed E-state index contributed by atoms with van der Waals surface area (Å²) < 4.78 is 13.5. The van der Waals surface area contributed by atoms with Crippen molar-refractivity contribution in [3.05, 3.63) is 138 Å². The van der Waals surface area contributed by atoms with E-state index in [1.54, 1.807) is 26.4 Å². The molecule has 0 saturated carbocycles. The molecule has 1 heterocycles. The lowest BCUT2D eigenvalue weighted by Gasteiger charge is -2.15. The zero-order valence-corrected chi connectivity index (χ0v) is 24.6. The van der Waals surface area contributed by atoms with Crippen LogP contribution in [0.3, 0.4) is 0 Å². The van der Waals surface area contributed by atoms with Gasteiger partial charge in [0.25, 0.3) is 0 Å². The van der Waals surface area contributed by atoms with Crippen molar-refractivity contribution in [2.24, 2.45) is 5.73 Å². The van der Waals surface area contributed by atoms with Crippen LogP contribution in [0.15, 0.2) is 115 Å². The summed E-state index contributed by atoms with van der Waals surface area (Å²) in [5.74, 6) is 1.90. The number of amides is 1. The second-order valence-electron chi connectivity index (χ2n) is 10.9. The van der Waals surface area contributed by atoms with Crippen LogP contribution >= 0.6 is 0 Å². The molecule has 1 aliphatic rings. The van der Waals surface area contributed by atoms with Crippen LogP contribution in [-0.2, 0) is 13.0 Å². The Bertz CT molecular complexity index is 2020. The Kier molecular flexibility index (Phi) is 6.95. The van der Waals surface area contributed by atoms with Crippen LogP contribution in [0, 0.1) is 0 Å². The number of nitrogens with zero attached hydrogens (tertiary/aromatic N) is 2. The van der Waals surface area contributed by atoms with Crippen LogP contribution in [0.5, 0.6) is 11.5 Å². The summed E-state index contributed by atoms with van der Waals surface area (Å²) in [6.07, 6.45) is 0.927. The lowest BCUT2D eigenvalue weighted by Crippen LogP contribution is -2.11. The molecule has 0 atom stereocenters. The molecule has 216 valence electrons. The number of methoxy groups -OCH3 is 2. The first-order valence-corrected chi connectivity index (χ1v) is 14.5. The Morgan fingerprint density at radius 2 is 1.41 bits per heavy atom. The van der Waals surface area contributed by atoms with Crippen LogP contribution in [-0.4, -0.2) is 29.7 Å². The number of hydrogen-bond donors (Lipinski definition) is 1. The molecular weight excluding hydrogens is 546 g/mol. The fourth-order valence-electron chi connectivity index (χ4n) is 6.08. The highest BCUT2D eigenvalue weighted by atomic mass is 16.5. The van der Waals surface area contributed by atoms with E-state index >= 15 is 0 Å². The van der Waals surface area contributed by atoms with Crippen LogP contribution in [0.2, 0.25) is 0 Å². The number of rotatable bonds is 8. The maximum absolute atomic E-state index is 11.8. The number of nitrogens with two attached hydrogens (primary N) is 1. The van der Waals surface area contributed by atoms with Gasteiger partial charge in [-0.3, -0.25) is 4.79 Å². The Balaban J connectivity index is 1.48. The standard InChI is InChI=1S/C38H31N3O3/c1-43-31-10-5-8-28(20-31)35-36(29-9-6-11-32(21-29)44-2)41(23-24-13-15-25(16-14-24)37(39)42)38(40-35)30-18-17-27-19-26-7-3-4-12-33(26)34(27)22-30/h3-18,20-22H,19,23H2,1-2H3,(H2,39,42). The Morgan fingerprint density at radius 1 is 0.727 bits per heavy atom. The van der Waals surface area contributed by atoms with Gasteiger partial charge in [0.1, 0.15) is 17.3 Å². The molecule has 0 unspecified atom stereocenters. The van der Waals surface area contributed by atoms with Crippen molar-refractivity contribution in [2.75, 3.05) is 14.2 Å². The highest BCUT2D eigenvalue weighted by Crippen LogP contribution is 2.42. The zero-order valence-electron chi connectivity index (χ0n) is 24.6. The third-order valence-corrected chi connectivity index (χ3v) is 8.29. The van der Waals surface area contributed by atoms with Gasteiger partial charge in [-0.2, -0.15) is 0 Å². The molecule has 0 saturated heterocycles. The molecule has 2 N–H and O–H groups in total. The third kappa shape index (κ3) is 4.90. The SMILES string of the molecule is COc1cccc(-c2nc(-c3ccc4c(c3)-c3ccccc3C4)n(Cc3ccc(C(N)=O)cc3)c2-c2cccc(OC)c2)c1. The van der Waals surface area contributed by atoms with Crippen LogP contribution in [0.1, 0.15) is 27.0 Å². The van der Waals surface area contributed by atoms with Crippen molar-refractivity contribution in [1.29, 1.82) is 0 Å². The number of primary amides is 1. The molecule has 0 spiro atoms. The van der Waals surface area contributed by atoms with Gasteiger partial charge in [0.2, 0.25) is 5.91 Å². The molecular formula is C38H31N3O3. The predicted molar refractivity (Wildman–Crippen MR) is 174 cm³/mol. The minimum Gasteiger partial charge on any atom is -0.497 e. The van der Waals surface area contributed by atoms with Gasteiger partial charge in [0.05, 0.1) is 25.6 Å². The van der Waals surface area contributed by atoms with Crippen molar-refractivity contribution >= 4 is 5.91 Å². The minimum absolute atomic E-state index is 0.448. The minimum atomic E-state index is -0.448. The first kappa shape index (κ1) is 27.2. The van der Waals surface area contributed by atoms with Gasteiger partial charge in [-0.05, 0) is 76.7 Å². The smallest absolute Gasteiger partial charge is 0.248 e. The highest BCUT2D eigenvalue weighted by Gasteiger charge is 2.25. The van der Waals surface area contributed by atoms with Crippen LogP contribution < -0.4 is 15.2 Å². The molecule has 6 aromatic rings. The summed E-state index contributed by atoms with van der Waals surface area (Å²) in [6, 6.07) is 38.7. The summed E-state index contributed by atoms with van der Waals surface area (Å²) in [7, 11) is 3.34. The zero-order chi connectivity index (χ0) is 30.2. The lowest BCUT2D eigenvalue weighted by molar-refractivity contribution is 0.1000. The van der Waals surface area contributed by atoms with Crippen molar-refractivity contribution < 1.29 is 14.3 Å². The van der Waals surface area contributed by atoms with Gasteiger partial charge in [-0.1, -0.05) is 72.8 Å². The van der Waals surface area contributed by atoms with E-state index in [4.69, 9.17) is 20.2 Å². The molecule has 5 aromatic carbocycles. The van der Waals surface area contributed by atoms with Crippen molar-refractivity contribution in [2.45, 2.75) is 13.0 Å². The van der Waals surface area contributed by atoms with Gasteiger partial charge < -0.3 is 19.8 Å². The fraction of sp³-hybridized carbons (Fsp3) is 0.105. The number of ether oxygens (including phenoxy) is 2. The van der Waals surface area contributed by atoms with Gasteiger partial charge in [0.15, 0.2) is 0 Å². The molecule has 1 aliphatic carbocycles. The molecule has 44 heavy (non-hydrogen) atoms. The number of benzene rings is 5. The molecule has 6 nitrogen and oxygen atoms in total. The largest absolute Gasteiger partial charge is 0.497 e. The summed E-state index contributed by atoms with van der Waals surface area (Å²) in [4.78, 5) is 17.2. The topological polar surface area (TPSA) is 79.4 Å². The number of fused-ring (bicyclic) bond motifs is 3. The number of carbonyl (C=O) groups is 1. The molecule has 0 aliphatic heterocycles. The molecule has 6 heteroatoms. The summed E-state index contributed by atoms with van der Waals surface area (Å²) in [5.41, 5.74) is 16.9. The van der Waals surface area contributed by atoms with Crippen molar-refractivity contribution in [3.63, 3.8) is 0 Å². The van der Waals surface area contributed by atoms with Gasteiger partial charge in [-0.25, -0.2) is 4.98 Å². The fourth-order valence-corrected chi connectivity index (χ4v) is 6.08. The first-order chi connectivity index (χ1) is 21.5. The van der Waals surface area contributed by atoms with E-state index in [9.17, 15) is 4.79 Å². The quantitative estimate of drug-likeness (QED) is 0.202. The van der Waals surface area contributed by atoms with Crippen LogP contribution in [0.4, 0.5) is 0 Å². The molecule has 0 fully saturated rings. The molecule has 0 bridgehead atoms. The molecule has 1 amide bonds. The number of aromatic nitrogens is 2. The molecule has 7 rings (SSSR count). The normalized spacial score (nSPS) is 11.6. The van der Waals surface area contributed by atoms with E-state index in [2.05, 4.69) is 59.2 Å². The highest BCUT2D eigenvalue weighted by molar-refractivity contribution is 5.92. The lowest BCUT2D eigenvalue weighted by atomic mass is 10.0. The average Bonchev–Trinajstić information content (AvgIpc) is 3.63. The third-order valence-electron chi connectivity index (χ3n) is 8.29. The van der Waals surface area contributed by atoms with E-state index in [1.165, 1.54) is 22.3 Å². The Hall–Kier alpha value is -5.62. The van der Waals surface area contributed by atoms with E-state index in [-0.39, 0.29) is 0 Å². The van der Waals surface area contributed by atoms with Crippen LogP contribution in [0.25, 0.3) is 45.0 Å². The summed E-state index contributed by atoms with van der Waals surface area (Å²) in [6.45, 7) is 0.519. The molecule has 0 radical (unpaired) electrons. The molecule has 1 aromatic heterocycles. The van der Waals surface area contributed by atoms with E-state index in [1.807, 2.05) is 48.5 Å². The number of imidazole rings is 1. The summed E-state index contributed by atoms with van der Waals surface area (Å²) >= 11 is 0. The van der Waals surface area contributed by atoms with Gasteiger partial charge >= 0.3 is 0 Å². The maximum Gasteiger partial charge on any atom is 0.248 e. The monoisotopic (exact) mass is 577 g/mol. The van der Waals surface area contributed by atoms with E-state index in [0.29, 0.717) is 12.1 Å². The average molecular weight is 578 g/mol. The first-order valence-electron chi connectivity index (χ1n) is 14.5. The van der Waals surface area contributed by atoms with E-state index in [0.717, 1.165) is 57.4 Å². The Labute approximate surface area is 256 Å². The Morgan fingerprint density at radius 3 is 2.14 bits per heavy atom. The predicted octanol–water partition coefficient (Wildman–Crippen LogP) is 7.62. The van der Waals surface area contributed by atoms with Crippen molar-refractivity contribution in [1.82, 2.24) is 9.55 Å². The summed E-state index contributed by atoms with van der Waals surface area (Å²) in [5, 5.41) is 0. The second-order valence-corrected chi connectivity index (χ2v) is 10.9. The maximum atomic E-state index is 11.8. The van der Waals surface area contributed by atoms with Gasteiger partial charge in [0, 0.05) is 28.8 Å². The van der Waals surface area contributed by atoms with Crippen molar-refractivity contribution in [3.8, 4) is 56.5 Å². The van der Waals surface area contributed by atoms with E-state index < -0.39 is 5.91 Å². The number of hydrogen-bond acceptors (Lipinski definition) is 4. The number of carbonyl (C=O) groups excluding carboxylic acids is 1.